The molecule has 0 bridgehead atoms. The van der Waals surface area contributed by atoms with Gasteiger partial charge in [-0.05, 0) is 38.5 Å². The zero-order valence-corrected chi connectivity index (χ0v) is 12.5. The predicted molar refractivity (Wildman–Crippen MR) is 78.3 cm³/mol. The van der Waals surface area contributed by atoms with Gasteiger partial charge in [-0.1, -0.05) is 26.0 Å². The third-order valence-electron chi connectivity index (χ3n) is 3.05. The van der Waals surface area contributed by atoms with E-state index in [4.69, 9.17) is 10.00 Å². The zero-order valence-electron chi connectivity index (χ0n) is 12.5. The van der Waals surface area contributed by atoms with Gasteiger partial charge in [0.1, 0.15) is 5.75 Å². The fraction of sp³-hybridized carbons (Fsp3) is 0.562. The van der Waals surface area contributed by atoms with Gasteiger partial charge in [-0.25, -0.2) is 0 Å². The minimum atomic E-state index is -0.122. The van der Waals surface area contributed by atoms with Crippen LogP contribution in [0.15, 0.2) is 24.3 Å². The van der Waals surface area contributed by atoms with Gasteiger partial charge in [0.25, 0.3) is 0 Å². The second-order valence-electron chi connectivity index (χ2n) is 5.81. The molecular formula is C16H24N2O. The maximum atomic E-state index is 8.79. The van der Waals surface area contributed by atoms with E-state index in [0.717, 1.165) is 12.3 Å². The molecule has 1 aromatic rings. The monoisotopic (exact) mass is 260 g/mol. The van der Waals surface area contributed by atoms with Crippen molar-refractivity contribution in [3.63, 3.8) is 0 Å². The van der Waals surface area contributed by atoms with E-state index in [2.05, 4.69) is 37.4 Å². The van der Waals surface area contributed by atoms with Crippen molar-refractivity contribution in [2.45, 2.75) is 52.2 Å². The van der Waals surface area contributed by atoms with Crippen LogP contribution in [-0.2, 0) is 5.41 Å². The van der Waals surface area contributed by atoms with Gasteiger partial charge in [0.2, 0.25) is 0 Å². The predicted octanol–water partition coefficient (Wildman–Crippen LogP) is 3.25. The Morgan fingerprint density at radius 1 is 1.21 bits per heavy atom. The van der Waals surface area contributed by atoms with E-state index in [0.29, 0.717) is 0 Å². The van der Waals surface area contributed by atoms with Gasteiger partial charge < -0.3 is 10.1 Å². The Bertz CT molecular complexity index is 429. The fourth-order valence-electron chi connectivity index (χ4n) is 1.81. The van der Waals surface area contributed by atoms with Crippen LogP contribution in [0.1, 0.15) is 40.2 Å². The minimum absolute atomic E-state index is 0.0124. The summed E-state index contributed by atoms with van der Waals surface area (Å²) in [5.41, 5.74) is 1.22. The lowest BCUT2D eigenvalue weighted by Crippen LogP contribution is -2.37. The number of benzene rings is 1. The quantitative estimate of drug-likeness (QED) is 0.854. The summed E-state index contributed by atoms with van der Waals surface area (Å²) < 4.78 is 5.64. The summed E-state index contributed by atoms with van der Waals surface area (Å²) in [5, 5.41) is 12.0. The summed E-state index contributed by atoms with van der Waals surface area (Å²) >= 11 is 0. The summed E-state index contributed by atoms with van der Waals surface area (Å²) in [6.07, 6.45) is 0.192. The van der Waals surface area contributed by atoms with Crippen LogP contribution < -0.4 is 10.1 Å². The van der Waals surface area contributed by atoms with Gasteiger partial charge in [-0.15, -0.1) is 0 Å². The van der Waals surface area contributed by atoms with Gasteiger partial charge in [-0.2, -0.15) is 5.26 Å². The van der Waals surface area contributed by atoms with Crippen LogP contribution in [0.5, 0.6) is 5.75 Å². The van der Waals surface area contributed by atoms with Crippen LogP contribution in [0.25, 0.3) is 0 Å². The highest BCUT2D eigenvalue weighted by Gasteiger charge is 2.21. The molecule has 19 heavy (non-hydrogen) atoms. The Balaban J connectivity index is 2.70. The lowest BCUT2D eigenvalue weighted by Gasteiger charge is -2.26. The van der Waals surface area contributed by atoms with Crippen LogP contribution >= 0.6 is 0 Å². The van der Waals surface area contributed by atoms with Crippen LogP contribution in [-0.4, -0.2) is 18.7 Å². The van der Waals surface area contributed by atoms with Crippen LogP contribution in [0.2, 0.25) is 0 Å². The molecule has 1 aromatic carbocycles. The molecular weight excluding hydrogens is 236 g/mol. The van der Waals surface area contributed by atoms with Gasteiger partial charge in [-0.3, -0.25) is 0 Å². The summed E-state index contributed by atoms with van der Waals surface area (Å²) in [7, 11) is 0. The molecule has 1 atom stereocenters. The molecule has 3 nitrogen and oxygen atoms in total. The summed E-state index contributed by atoms with van der Waals surface area (Å²) in [5.74, 6) is 0.896. The van der Waals surface area contributed by atoms with Crippen molar-refractivity contribution in [1.82, 2.24) is 5.32 Å². The molecule has 0 aliphatic rings. The van der Waals surface area contributed by atoms with Crippen molar-refractivity contribution in [2.24, 2.45) is 0 Å². The van der Waals surface area contributed by atoms with E-state index < -0.39 is 0 Å². The van der Waals surface area contributed by atoms with Gasteiger partial charge in [0, 0.05) is 12.0 Å². The molecule has 0 aromatic heterocycles. The molecule has 0 heterocycles. The molecule has 3 heteroatoms. The molecule has 0 aliphatic carbocycles. The Morgan fingerprint density at radius 3 is 2.26 bits per heavy atom. The lowest BCUT2D eigenvalue weighted by atomic mass is 9.84. The molecule has 104 valence electrons. The van der Waals surface area contributed by atoms with Crippen molar-refractivity contribution in [1.29, 1.82) is 5.26 Å². The molecule has 1 unspecified atom stereocenters. The number of hydrogen-bond donors (Lipinski definition) is 1. The number of rotatable bonds is 6. The van der Waals surface area contributed by atoms with E-state index in [1.54, 1.807) is 0 Å². The van der Waals surface area contributed by atoms with E-state index in [1.807, 2.05) is 32.9 Å². The highest BCUT2D eigenvalue weighted by Crippen LogP contribution is 2.25. The lowest BCUT2D eigenvalue weighted by molar-refractivity contribution is 0.242. The van der Waals surface area contributed by atoms with Crippen molar-refractivity contribution in [3.8, 4) is 11.8 Å². The Hall–Kier alpha value is -1.53. The largest absolute Gasteiger partial charge is 0.491 e. The van der Waals surface area contributed by atoms with Crippen molar-refractivity contribution in [2.75, 3.05) is 6.54 Å². The normalized spacial score (nSPS) is 13.1. The van der Waals surface area contributed by atoms with E-state index in [1.165, 1.54) is 5.56 Å². The summed E-state index contributed by atoms with van der Waals surface area (Å²) in [6.45, 7) is 11.0. The molecule has 0 radical (unpaired) electrons. The smallest absolute Gasteiger partial charge is 0.119 e. The molecule has 0 spiro atoms. The average Bonchev–Trinajstić information content (AvgIpc) is 2.36. The number of ether oxygens (including phenoxy) is 1. The number of hydrogen-bond acceptors (Lipinski definition) is 3. The van der Waals surface area contributed by atoms with Gasteiger partial charge in [0.15, 0.2) is 0 Å². The van der Waals surface area contributed by atoms with Crippen molar-refractivity contribution < 1.29 is 4.74 Å². The molecule has 0 saturated carbocycles. The van der Waals surface area contributed by atoms with Gasteiger partial charge in [0.05, 0.1) is 18.2 Å². The number of nitrogens with one attached hydrogen (secondary N) is 1. The maximum absolute atomic E-state index is 8.79. The Morgan fingerprint density at radius 2 is 1.79 bits per heavy atom. The molecule has 0 aliphatic heterocycles. The van der Waals surface area contributed by atoms with E-state index >= 15 is 0 Å². The van der Waals surface area contributed by atoms with E-state index in [9.17, 15) is 0 Å². The minimum Gasteiger partial charge on any atom is -0.491 e. The average molecular weight is 260 g/mol. The first-order valence-electron chi connectivity index (χ1n) is 6.75. The first-order valence-corrected chi connectivity index (χ1v) is 6.75. The molecule has 1 rings (SSSR count). The van der Waals surface area contributed by atoms with Crippen molar-refractivity contribution in [3.05, 3.63) is 29.8 Å². The van der Waals surface area contributed by atoms with Crippen molar-refractivity contribution >= 4 is 0 Å². The molecule has 0 fully saturated rings. The fourth-order valence-corrected chi connectivity index (χ4v) is 1.81. The standard InChI is InChI=1S/C16H24N2O/c1-12(2)19-15-8-6-14(7-9-15)16(4,5)11-18-13(3)10-17/h6-9,12-13,18H,11H2,1-5H3. The maximum Gasteiger partial charge on any atom is 0.119 e. The topological polar surface area (TPSA) is 45.0 Å². The SMILES string of the molecule is CC(C#N)NCC(C)(C)c1ccc(OC(C)C)cc1. The zero-order chi connectivity index (χ0) is 14.5. The molecule has 0 saturated heterocycles. The van der Waals surface area contributed by atoms with Gasteiger partial charge >= 0.3 is 0 Å². The Labute approximate surface area is 116 Å². The highest BCUT2D eigenvalue weighted by molar-refractivity contribution is 5.32. The van der Waals surface area contributed by atoms with E-state index in [-0.39, 0.29) is 17.6 Å². The second-order valence-corrected chi connectivity index (χ2v) is 5.81. The first kappa shape index (κ1) is 15.5. The third kappa shape index (κ3) is 4.92. The second kappa shape index (κ2) is 6.58. The van der Waals surface area contributed by atoms with Crippen LogP contribution in [0, 0.1) is 11.3 Å². The molecule has 0 amide bonds. The Kier molecular flexibility index (Phi) is 5.38. The number of nitriles is 1. The van der Waals surface area contributed by atoms with Crippen LogP contribution in [0.3, 0.4) is 0 Å². The molecule has 1 N–H and O–H groups in total. The summed E-state index contributed by atoms with van der Waals surface area (Å²) in [6, 6.07) is 10.3. The highest BCUT2D eigenvalue weighted by atomic mass is 16.5. The summed E-state index contributed by atoms with van der Waals surface area (Å²) in [4.78, 5) is 0. The first-order chi connectivity index (χ1) is 8.85. The van der Waals surface area contributed by atoms with Crippen LogP contribution in [0.4, 0.5) is 0 Å². The number of nitrogens with zero attached hydrogens (tertiary/aromatic N) is 1. The third-order valence-corrected chi connectivity index (χ3v) is 3.05.